The lowest BCUT2D eigenvalue weighted by atomic mass is 9.85. The van der Waals surface area contributed by atoms with E-state index in [2.05, 4.69) is 17.1 Å². The summed E-state index contributed by atoms with van der Waals surface area (Å²) in [5, 5.41) is 3.40. The van der Waals surface area contributed by atoms with Gasteiger partial charge >= 0.3 is 0 Å². The van der Waals surface area contributed by atoms with Crippen molar-refractivity contribution in [2.75, 3.05) is 20.1 Å². The topological polar surface area (TPSA) is 32.3 Å². The molecule has 18 heavy (non-hydrogen) atoms. The van der Waals surface area contributed by atoms with Crippen molar-refractivity contribution >= 4 is 5.91 Å². The molecule has 2 saturated carbocycles. The molecule has 0 radical (unpaired) electrons. The van der Waals surface area contributed by atoms with Crippen molar-refractivity contribution in [1.82, 2.24) is 10.2 Å². The SMILES string of the molecule is CNC1(C)CCN(C(=O)C2CC3CCC2C3)CC1. The van der Waals surface area contributed by atoms with E-state index >= 15 is 0 Å². The minimum atomic E-state index is 0.242. The van der Waals surface area contributed by atoms with Gasteiger partial charge in [-0.15, -0.1) is 0 Å². The van der Waals surface area contributed by atoms with Crippen LogP contribution in [-0.4, -0.2) is 36.5 Å². The summed E-state index contributed by atoms with van der Waals surface area (Å²) in [5.41, 5.74) is 0.242. The van der Waals surface area contributed by atoms with Gasteiger partial charge in [-0.3, -0.25) is 4.79 Å². The van der Waals surface area contributed by atoms with Crippen molar-refractivity contribution < 1.29 is 4.79 Å². The Labute approximate surface area is 110 Å². The highest BCUT2D eigenvalue weighted by Gasteiger charge is 2.45. The van der Waals surface area contributed by atoms with Gasteiger partial charge in [-0.05, 0) is 57.9 Å². The zero-order valence-electron chi connectivity index (χ0n) is 11.7. The Morgan fingerprint density at radius 2 is 1.94 bits per heavy atom. The minimum Gasteiger partial charge on any atom is -0.342 e. The molecular formula is C15H26N2O. The molecular weight excluding hydrogens is 224 g/mol. The second kappa shape index (κ2) is 4.52. The largest absolute Gasteiger partial charge is 0.342 e. The summed E-state index contributed by atoms with van der Waals surface area (Å²) in [6.07, 6.45) is 7.39. The number of hydrogen-bond donors (Lipinski definition) is 1. The van der Waals surface area contributed by atoms with Crippen LogP contribution in [-0.2, 0) is 4.79 Å². The highest BCUT2D eigenvalue weighted by Crippen LogP contribution is 2.49. The summed E-state index contributed by atoms with van der Waals surface area (Å²) in [6, 6.07) is 0. The van der Waals surface area contributed by atoms with E-state index in [1.165, 1.54) is 25.7 Å². The zero-order chi connectivity index (χ0) is 12.8. The number of fused-ring (bicyclic) bond motifs is 2. The number of amides is 1. The predicted octanol–water partition coefficient (Wildman–Crippen LogP) is 2.02. The summed E-state index contributed by atoms with van der Waals surface area (Å²) >= 11 is 0. The summed E-state index contributed by atoms with van der Waals surface area (Å²) < 4.78 is 0. The lowest BCUT2D eigenvalue weighted by Gasteiger charge is -2.40. The quantitative estimate of drug-likeness (QED) is 0.813. The third-order valence-electron chi connectivity index (χ3n) is 5.84. The monoisotopic (exact) mass is 250 g/mol. The highest BCUT2D eigenvalue weighted by atomic mass is 16.2. The molecule has 1 saturated heterocycles. The molecule has 1 aliphatic heterocycles. The van der Waals surface area contributed by atoms with Crippen molar-refractivity contribution in [3.8, 4) is 0 Å². The second-order valence-corrected chi connectivity index (χ2v) is 6.92. The van der Waals surface area contributed by atoms with Crippen molar-refractivity contribution in [3.05, 3.63) is 0 Å². The van der Waals surface area contributed by atoms with Gasteiger partial charge in [0, 0.05) is 24.5 Å². The van der Waals surface area contributed by atoms with E-state index in [0.29, 0.717) is 11.8 Å². The van der Waals surface area contributed by atoms with Crippen LogP contribution in [0.1, 0.15) is 45.4 Å². The maximum absolute atomic E-state index is 12.6. The first-order chi connectivity index (χ1) is 8.61. The van der Waals surface area contributed by atoms with Gasteiger partial charge in [0.2, 0.25) is 5.91 Å². The Morgan fingerprint density at radius 3 is 2.44 bits per heavy atom. The van der Waals surface area contributed by atoms with Crippen LogP contribution in [0.15, 0.2) is 0 Å². The van der Waals surface area contributed by atoms with Gasteiger partial charge in [-0.1, -0.05) is 6.42 Å². The molecule has 102 valence electrons. The molecule has 1 heterocycles. The molecule has 3 rings (SSSR count). The molecule has 3 fully saturated rings. The lowest BCUT2D eigenvalue weighted by molar-refractivity contribution is -0.138. The van der Waals surface area contributed by atoms with Gasteiger partial charge in [0.05, 0.1) is 0 Å². The molecule has 2 aliphatic carbocycles. The van der Waals surface area contributed by atoms with Crippen molar-refractivity contribution in [3.63, 3.8) is 0 Å². The van der Waals surface area contributed by atoms with Crippen LogP contribution in [0.5, 0.6) is 0 Å². The Morgan fingerprint density at radius 1 is 1.22 bits per heavy atom. The molecule has 0 aromatic carbocycles. The molecule has 0 aromatic heterocycles. The van der Waals surface area contributed by atoms with E-state index in [0.717, 1.165) is 37.8 Å². The number of likely N-dealkylation sites (tertiary alicyclic amines) is 1. The number of nitrogens with zero attached hydrogens (tertiary/aromatic N) is 1. The van der Waals surface area contributed by atoms with E-state index in [9.17, 15) is 4.79 Å². The van der Waals surface area contributed by atoms with Gasteiger partial charge in [-0.25, -0.2) is 0 Å². The van der Waals surface area contributed by atoms with Crippen LogP contribution in [0.4, 0.5) is 0 Å². The third kappa shape index (κ3) is 2.07. The maximum Gasteiger partial charge on any atom is 0.225 e. The van der Waals surface area contributed by atoms with E-state index in [-0.39, 0.29) is 5.54 Å². The van der Waals surface area contributed by atoms with E-state index < -0.39 is 0 Å². The number of carbonyl (C=O) groups excluding carboxylic acids is 1. The summed E-state index contributed by atoms with van der Waals surface area (Å²) in [6.45, 7) is 4.17. The zero-order valence-corrected chi connectivity index (χ0v) is 11.7. The van der Waals surface area contributed by atoms with Crippen LogP contribution in [0, 0.1) is 17.8 Å². The molecule has 1 amide bonds. The number of piperidine rings is 1. The molecule has 0 aromatic rings. The number of carbonyl (C=O) groups is 1. The third-order valence-corrected chi connectivity index (χ3v) is 5.84. The molecule has 3 aliphatic rings. The van der Waals surface area contributed by atoms with Gasteiger partial charge < -0.3 is 10.2 Å². The molecule has 3 nitrogen and oxygen atoms in total. The van der Waals surface area contributed by atoms with E-state index in [4.69, 9.17) is 0 Å². The Kier molecular flexibility index (Phi) is 3.13. The Balaban J connectivity index is 1.58. The average Bonchev–Trinajstić information content (AvgIpc) is 3.01. The molecule has 2 bridgehead atoms. The smallest absolute Gasteiger partial charge is 0.225 e. The van der Waals surface area contributed by atoms with Gasteiger partial charge in [-0.2, -0.15) is 0 Å². The van der Waals surface area contributed by atoms with Gasteiger partial charge in [0.25, 0.3) is 0 Å². The first-order valence-electron chi connectivity index (χ1n) is 7.59. The predicted molar refractivity (Wildman–Crippen MR) is 72.2 cm³/mol. The van der Waals surface area contributed by atoms with Crippen LogP contribution in [0.2, 0.25) is 0 Å². The second-order valence-electron chi connectivity index (χ2n) is 6.92. The summed E-state index contributed by atoms with van der Waals surface area (Å²) in [5.74, 6) is 2.44. The summed E-state index contributed by atoms with van der Waals surface area (Å²) in [4.78, 5) is 14.7. The van der Waals surface area contributed by atoms with Crippen molar-refractivity contribution in [2.45, 2.75) is 51.0 Å². The number of nitrogens with one attached hydrogen (secondary N) is 1. The first kappa shape index (κ1) is 12.5. The summed E-state index contributed by atoms with van der Waals surface area (Å²) in [7, 11) is 2.04. The van der Waals surface area contributed by atoms with Crippen molar-refractivity contribution in [1.29, 1.82) is 0 Å². The molecule has 0 spiro atoms. The van der Waals surface area contributed by atoms with Crippen LogP contribution < -0.4 is 5.32 Å². The molecule has 3 atom stereocenters. The first-order valence-corrected chi connectivity index (χ1v) is 7.59. The van der Waals surface area contributed by atoms with Crippen LogP contribution in [0.3, 0.4) is 0 Å². The van der Waals surface area contributed by atoms with Crippen molar-refractivity contribution in [2.24, 2.45) is 17.8 Å². The minimum absolute atomic E-state index is 0.242. The van der Waals surface area contributed by atoms with Gasteiger partial charge in [0.1, 0.15) is 0 Å². The highest BCUT2D eigenvalue weighted by molar-refractivity contribution is 5.79. The average molecular weight is 250 g/mol. The fraction of sp³-hybridized carbons (Fsp3) is 0.933. The standard InChI is InChI=1S/C15H26N2O/c1-15(16-2)5-7-17(8-6-15)14(18)13-10-11-3-4-12(13)9-11/h11-13,16H,3-10H2,1-2H3. The molecule has 3 unspecified atom stereocenters. The van der Waals surface area contributed by atoms with E-state index in [1.807, 2.05) is 7.05 Å². The number of hydrogen-bond acceptors (Lipinski definition) is 2. The molecule has 1 N–H and O–H groups in total. The normalized spacial score (nSPS) is 38.1. The Bertz CT molecular complexity index is 333. The van der Waals surface area contributed by atoms with Gasteiger partial charge in [0.15, 0.2) is 0 Å². The fourth-order valence-corrected chi connectivity index (χ4v) is 4.25. The Hall–Kier alpha value is -0.570. The fourth-order valence-electron chi connectivity index (χ4n) is 4.25. The lowest BCUT2D eigenvalue weighted by Crippen LogP contribution is -2.52. The van der Waals surface area contributed by atoms with E-state index in [1.54, 1.807) is 0 Å². The van der Waals surface area contributed by atoms with Crippen LogP contribution in [0.25, 0.3) is 0 Å². The number of rotatable bonds is 2. The maximum atomic E-state index is 12.6. The van der Waals surface area contributed by atoms with Crippen LogP contribution >= 0.6 is 0 Å². The molecule has 3 heteroatoms.